The smallest absolute Gasteiger partial charge is 0.131 e. The standard InChI is InChI=1S/C12H23NO/c1-6-13-8-12(4,5)10(3)11(13)7-9(2)14/h10-11H,6-8H2,1-5H3. The Morgan fingerprint density at radius 2 is 2.07 bits per heavy atom. The lowest BCUT2D eigenvalue weighted by Gasteiger charge is -2.26. The minimum atomic E-state index is 0.318. The number of Topliss-reactive ketones (excluding diaryl/α,β-unsaturated/α-hetero) is 1. The normalized spacial score (nSPS) is 32.1. The predicted octanol–water partition coefficient (Wildman–Crippen LogP) is 2.33. The Morgan fingerprint density at radius 1 is 1.50 bits per heavy atom. The van der Waals surface area contributed by atoms with Crippen LogP contribution in [0.3, 0.4) is 0 Å². The van der Waals surface area contributed by atoms with Gasteiger partial charge in [0.05, 0.1) is 0 Å². The Kier molecular flexibility index (Phi) is 3.36. The largest absolute Gasteiger partial charge is 0.300 e. The fourth-order valence-corrected chi connectivity index (χ4v) is 2.57. The second-order valence-electron chi connectivity index (χ2n) is 5.31. The molecule has 1 aliphatic heterocycles. The molecule has 82 valence electrons. The molecule has 2 atom stereocenters. The summed E-state index contributed by atoms with van der Waals surface area (Å²) in [6.07, 6.45) is 0.721. The van der Waals surface area contributed by atoms with E-state index in [1.807, 2.05) is 0 Å². The summed E-state index contributed by atoms with van der Waals surface area (Å²) in [7, 11) is 0. The van der Waals surface area contributed by atoms with Gasteiger partial charge in [0, 0.05) is 19.0 Å². The van der Waals surface area contributed by atoms with Crippen LogP contribution in [0.15, 0.2) is 0 Å². The number of nitrogens with zero attached hydrogens (tertiary/aromatic N) is 1. The van der Waals surface area contributed by atoms with Gasteiger partial charge < -0.3 is 0 Å². The number of carbonyl (C=O) groups excluding carboxylic acids is 1. The first-order valence-corrected chi connectivity index (χ1v) is 5.62. The first kappa shape index (κ1) is 11.7. The third-order valence-electron chi connectivity index (χ3n) is 3.79. The molecule has 0 aliphatic carbocycles. The molecule has 0 aromatic carbocycles. The second-order valence-corrected chi connectivity index (χ2v) is 5.31. The van der Waals surface area contributed by atoms with Crippen molar-refractivity contribution in [3.63, 3.8) is 0 Å². The summed E-state index contributed by atoms with van der Waals surface area (Å²) in [5.74, 6) is 0.935. The highest BCUT2D eigenvalue weighted by Crippen LogP contribution is 2.40. The van der Waals surface area contributed by atoms with Crippen LogP contribution in [0, 0.1) is 11.3 Å². The van der Waals surface area contributed by atoms with Gasteiger partial charge in [0.15, 0.2) is 0 Å². The average Bonchev–Trinajstić information content (AvgIpc) is 2.27. The van der Waals surface area contributed by atoms with Gasteiger partial charge in [-0.25, -0.2) is 0 Å². The third-order valence-corrected chi connectivity index (χ3v) is 3.79. The van der Waals surface area contributed by atoms with E-state index in [2.05, 4.69) is 32.6 Å². The van der Waals surface area contributed by atoms with Crippen molar-refractivity contribution in [3.05, 3.63) is 0 Å². The molecule has 0 aromatic heterocycles. The molecule has 0 amide bonds. The van der Waals surface area contributed by atoms with Gasteiger partial charge >= 0.3 is 0 Å². The van der Waals surface area contributed by atoms with E-state index in [1.165, 1.54) is 0 Å². The molecule has 2 nitrogen and oxygen atoms in total. The van der Waals surface area contributed by atoms with Crippen LogP contribution in [-0.2, 0) is 4.79 Å². The molecule has 2 unspecified atom stereocenters. The van der Waals surface area contributed by atoms with E-state index in [4.69, 9.17) is 0 Å². The van der Waals surface area contributed by atoms with Crippen LogP contribution in [0.1, 0.15) is 41.0 Å². The van der Waals surface area contributed by atoms with E-state index in [-0.39, 0.29) is 0 Å². The summed E-state index contributed by atoms with van der Waals surface area (Å²) >= 11 is 0. The Labute approximate surface area is 87.7 Å². The number of ketones is 1. The lowest BCUT2D eigenvalue weighted by atomic mass is 9.79. The van der Waals surface area contributed by atoms with Crippen molar-refractivity contribution in [2.75, 3.05) is 13.1 Å². The van der Waals surface area contributed by atoms with Gasteiger partial charge in [-0.15, -0.1) is 0 Å². The van der Waals surface area contributed by atoms with Gasteiger partial charge in [-0.05, 0) is 24.8 Å². The highest BCUT2D eigenvalue weighted by molar-refractivity contribution is 5.76. The van der Waals surface area contributed by atoms with Crippen molar-refractivity contribution in [1.29, 1.82) is 0 Å². The summed E-state index contributed by atoms with van der Waals surface area (Å²) in [5, 5.41) is 0. The molecule has 0 aromatic rings. The Bertz CT molecular complexity index is 222. The lowest BCUT2D eigenvalue weighted by molar-refractivity contribution is -0.118. The predicted molar refractivity (Wildman–Crippen MR) is 59.3 cm³/mol. The van der Waals surface area contributed by atoms with Crippen molar-refractivity contribution in [2.24, 2.45) is 11.3 Å². The molecule has 1 aliphatic rings. The van der Waals surface area contributed by atoms with Gasteiger partial charge in [0.25, 0.3) is 0 Å². The topological polar surface area (TPSA) is 20.3 Å². The molecule has 0 saturated carbocycles. The fraction of sp³-hybridized carbons (Fsp3) is 0.917. The van der Waals surface area contributed by atoms with E-state index in [1.54, 1.807) is 6.92 Å². The van der Waals surface area contributed by atoms with E-state index in [0.717, 1.165) is 19.5 Å². The molecule has 0 radical (unpaired) electrons. The zero-order valence-corrected chi connectivity index (χ0v) is 10.1. The van der Waals surface area contributed by atoms with E-state index >= 15 is 0 Å². The van der Waals surface area contributed by atoms with Crippen molar-refractivity contribution < 1.29 is 4.79 Å². The highest BCUT2D eigenvalue weighted by Gasteiger charge is 2.43. The molecule has 0 spiro atoms. The third kappa shape index (κ3) is 2.17. The lowest BCUT2D eigenvalue weighted by Crippen LogP contribution is -2.33. The molecule has 1 heterocycles. The maximum atomic E-state index is 11.2. The maximum Gasteiger partial charge on any atom is 0.131 e. The van der Waals surface area contributed by atoms with Crippen LogP contribution in [0.4, 0.5) is 0 Å². The molecular formula is C12H23NO. The van der Waals surface area contributed by atoms with Gasteiger partial charge in [0.1, 0.15) is 5.78 Å². The van der Waals surface area contributed by atoms with Crippen LogP contribution in [-0.4, -0.2) is 29.8 Å². The van der Waals surface area contributed by atoms with Gasteiger partial charge in [-0.1, -0.05) is 27.7 Å². The molecule has 0 bridgehead atoms. The summed E-state index contributed by atoms with van der Waals surface area (Å²) in [6.45, 7) is 13.0. The van der Waals surface area contributed by atoms with Crippen molar-refractivity contribution in [3.8, 4) is 0 Å². The van der Waals surface area contributed by atoms with Gasteiger partial charge in [0.2, 0.25) is 0 Å². The van der Waals surface area contributed by atoms with Crippen LogP contribution in [0.5, 0.6) is 0 Å². The first-order chi connectivity index (χ1) is 6.38. The van der Waals surface area contributed by atoms with E-state index in [0.29, 0.717) is 23.2 Å². The number of hydrogen-bond donors (Lipinski definition) is 0. The van der Waals surface area contributed by atoms with E-state index in [9.17, 15) is 4.79 Å². The number of likely N-dealkylation sites (tertiary alicyclic amines) is 1. The van der Waals surface area contributed by atoms with Gasteiger partial charge in [-0.2, -0.15) is 0 Å². The molecule has 1 fully saturated rings. The molecule has 1 saturated heterocycles. The van der Waals surface area contributed by atoms with Gasteiger partial charge in [-0.3, -0.25) is 9.69 Å². The van der Waals surface area contributed by atoms with Crippen LogP contribution in [0.25, 0.3) is 0 Å². The molecular weight excluding hydrogens is 174 g/mol. The zero-order chi connectivity index (χ0) is 10.9. The SMILES string of the molecule is CCN1CC(C)(C)C(C)C1CC(C)=O. The average molecular weight is 197 g/mol. The molecule has 1 rings (SSSR count). The van der Waals surface area contributed by atoms with E-state index < -0.39 is 0 Å². The Hall–Kier alpha value is -0.370. The quantitative estimate of drug-likeness (QED) is 0.692. The number of carbonyl (C=O) groups is 1. The van der Waals surface area contributed by atoms with Crippen molar-refractivity contribution >= 4 is 5.78 Å². The minimum absolute atomic E-state index is 0.318. The zero-order valence-electron chi connectivity index (χ0n) is 10.1. The molecule has 0 N–H and O–H groups in total. The van der Waals surface area contributed by atoms with Crippen LogP contribution >= 0.6 is 0 Å². The number of hydrogen-bond acceptors (Lipinski definition) is 2. The minimum Gasteiger partial charge on any atom is -0.300 e. The van der Waals surface area contributed by atoms with Crippen molar-refractivity contribution in [1.82, 2.24) is 4.90 Å². The maximum absolute atomic E-state index is 11.2. The molecule has 14 heavy (non-hydrogen) atoms. The first-order valence-electron chi connectivity index (χ1n) is 5.62. The Morgan fingerprint density at radius 3 is 2.50 bits per heavy atom. The monoisotopic (exact) mass is 197 g/mol. The fourth-order valence-electron chi connectivity index (χ4n) is 2.57. The summed E-state index contributed by atoms with van der Waals surface area (Å²) in [5.41, 5.74) is 0.357. The van der Waals surface area contributed by atoms with Crippen LogP contribution < -0.4 is 0 Å². The highest BCUT2D eigenvalue weighted by atomic mass is 16.1. The molecule has 2 heteroatoms. The van der Waals surface area contributed by atoms with Crippen LogP contribution in [0.2, 0.25) is 0 Å². The Balaban J connectivity index is 2.75. The summed E-state index contributed by atoms with van der Waals surface area (Å²) < 4.78 is 0. The summed E-state index contributed by atoms with van der Waals surface area (Å²) in [6, 6.07) is 0.465. The second kappa shape index (κ2) is 4.01. The number of rotatable bonds is 3. The summed E-state index contributed by atoms with van der Waals surface area (Å²) in [4.78, 5) is 13.6. The van der Waals surface area contributed by atoms with Crippen molar-refractivity contribution in [2.45, 2.75) is 47.1 Å².